The van der Waals surface area contributed by atoms with Crippen LogP contribution in [-0.2, 0) is 0 Å². The van der Waals surface area contributed by atoms with Crippen molar-refractivity contribution in [3.8, 4) is 17.8 Å². The number of nitriles is 2. The Balaban J connectivity index is 2.13. The smallest absolute Gasteiger partial charge is 0.266 e. The molecule has 0 saturated carbocycles. The Kier molecular flexibility index (Phi) is 6.36. The summed E-state index contributed by atoms with van der Waals surface area (Å²) in [4.78, 5) is 17.9. The van der Waals surface area contributed by atoms with Gasteiger partial charge in [-0.15, -0.1) is 0 Å². The fraction of sp³-hybridized carbons (Fsp3) is 0.238. The van der Waals surface area contributed by atoms with Crippen molar-refractivity contribution in [2.75, 3.05) is 5.75 Å². The van der Waals surface area contributed by atoms with Crippen LogP contribution >= 0.6 is 23.4 Å². The molecule has 3 aromatic rings. The molecule has 0 fully saturated rings. The van der Waals surface area contributed by atoms with E-state index < -0.39 is 0 Å². The number of hydrogen-bond donors (Lipinski definition) is 0. The van der Waals surface area contributed by atoms with E-state index in [9.17, 15) is 10.1 Å². The molecule has 0 N–H and O–H groups in total. The number of hydrogen-bond acceptors (Lipinski definition) is 5. The van der Waals surface area contributed by atoms with Gasteiger partial charge in [0.05, 0.1) is 34.6 Å². The van der Waals surface area contributed by atoms with Crippen molar-refractivity contribution < 1.29 is 0 Å². The zero-order chi connectivity index (χ0) is 20.1. The number of halogens is 1. The molecule has 0 bridgehead atoms. The van der Waals surface area contributed by atoms with E-state index in [0.717, 1.165) is 11.3 Å². The number of aromatic nitrogens is 2. The molecule has 7 heteroatoms. The van der Waals surface area contributed by atoms with Crippen LogP contribution in [-0.4, -0.2) is 15.3 Å². The predicted molar refractivity (Wildman–Crippen MR) is 112 cm³/mol. The minimum absolute atomic E-state index is 0.177. The topological polar surface area (TPSA) is 82.5 Å². The fourth-order valence-corrected chi connectivity index (χ4v) is 4.09. The molecule has 0 amide bonds. The average molecular weight is 409 g/mol. The number of nitrogens with zero attached hydrogens (tertiary/aromatic N) is 4. The molecule has 0 saturated heterocycles. The van der Waals surface area contributed by atoms with Crippen LogP contribution in [0.5, 0.6) is 0 Å². The van der Waals surface area contributed by atoms with Gasteiger partial charge in [-0.3, -0.25) is 9.36 Å². The Bertz CT molecular complexity index is 1160. The molecule has 28 heavy (non-hydrogen) atoms. The van der Waals surface area contributed by atoms with Crippen molar-refractivity contribution in [3.05, 3.63) is 63.4 Å². The number of thioether (sulfide) groups is 1. The molecule has 140 valence electrons. The van der Waals surface area contributed by atoms with Crippen LogP contribution in [0.25, 0.3) is 16.6 Å². The lowest BCUT2D eigenvalue weighted by Crippen LogP contribution is -2.23. The lowest BCUT2D eigenvalue weighted by Gasteiger charge is -2.16. The van der Waals surface area contributed by atoms with Gasteiger partial charge in [0, 0.05) is 17.2 Å². The highest BCUT2D eigenvalue weighted by Gasteiger charge is 2.17. The van der Waals surface area contributed by atoms with Crippen LogP contribution in [0.2, 0.25) is 5.02 Å². The van der Waals surface area contributed by atoms with Gasteiger partial charge in [-0.2, -0.15) is 10.5 Å². The first-order valence-electron chi connectivity index (χ1n) is 8.73. The van der Waals surface area contributed by atoms with E-state index >= 15 is 0 Å². The molecule has 0 unspecified atom stereocenters. The maximum atomic E-state index is 13.3. The number of benzene rings is 2. The van der Waals surface area contributed by atoms with Gasteiger partial charge >= 0.3 is 0 Å². The molecule has 1 heterocycles. The molecule has 0 spiro atoms. The standard InChI is InChI=1S/C21H17ClN4OS/c1-14-5-2-3-7-19(14)26-20(27)17-9-8-16(22)11-18(17)25-21(26)28-13-15(12-24)6-4-10-23/h2-3,5,7-9,11,15H,4,6,13H2,1H3/t15-/m1/s1. The van der Waals surface area contributed by atoms with Gasteiger partial charge in [0.1, 0.15) is 0 Å². The monoisotopic (exact) mass is 408 g/mol. The van der Waals surface area contributed by atoms with Crippen molar-refractivity contribution in [1.82, 2.24) is 9.55 Å². The van der Waals surface area contributed by atoms with Gasteiger partial charge in [0.15, 0.2) is 5.16 Å². The molecular formula is C21H17ClN4OS. The van der Waals surface area contributed by atoms with Crippen molar-refractivity contribution in [1.29, 1.82) is 10.5 Å². The summed E-state index contributed by atoms with van der Waals surface area (Å²) in [6.07, 6.45) is 0.818. The quantitative estimate of drug-likeness (QED) is 0.428. The molecule has 5 nitrogen and oxygen atoms in total. The van der Waals surface area contributed by atoms with Crippen molar-refractivity contribution in [2.24, 2.45) is 5.92 Å². The zero-order valence-corrected chi connectivity index (χ0v) is 16.8. The van der Waals surface area contributed by atoms with Crippen LogP contribution in [0.15, 0.2) is 52.4 Å². The first-order chi connectivity index (χ1) is 13.5. The molecule has 0 aliphatic carbocycles. The highest BCUT2D eigenvalue weighted by atomic mass is 35.5. The summed E-state index contributed by atoms with van der Waals surface area (Å²) in [7, 11) is 0. The third kappa shape index (κ3) is 4.20. The minimum atomic E-state index is -0.290. The van der Waals surface area contributed by atoms with Gasteiger partial charge in [-0.1, -0.05) is 41.6 Å². The Labute approximate surface area is 172 Å². The normalized spacial score (nSPS) is 11.7. The van der Waals surface area contributed by atoms with Gasteiger partial charge < -0.3 is 0 Å². The Morgan fingerprint density at radius 2 is 2.04 bits per heavy atom. The van der Waals surface area contributed by atoms with E-state index in [-0.39, 0.29) is 11.5 Å². The van der Waals surface area contributed by atoms with Crippen LogP contribution in [0.4, 0.5) is 0 Å². The second-order valence-electron chi connectivity index (χ2n) is 6.32. The van der Waals surface area contributed by atoms with E-state index in [2.05, 4.69) is 17.1 Å². The van der Waals surface area contributed by atoms with Crippen LogP contribution < -0.4 is 5.56 Å². The highest BCUT2D eigenvalue weighted by molar-refractivity contribution is 7.99. The summed E-state index contributed by atoms with van der Waals surface area (Å²) < 4.78 is 1.59. The van der Waals surface area contributed by atoms with Crippen LogP contribution in [0, 0.1) is 35.5 Å². The number of aryl methyl sites for hydroxylation is 1. The van der Waals surface area contributed by atoms with Gasteiger partial charge in [-0.25, -0.2) is 4.98 Å². The number of fused-ring (bicyclic) bond motifs is 1. The van der Waals surface area contributed by atoms with Crippen molar-refractivity contribution in [2.45, 2.75) is 24.9 Å². The average Bonchev–Trinajstić information content (AvgIpc) is 2.69. The SMILES string of the molecule is Cc1ccccc1-n1c(SC[C@@H](C#N)CCC#N)nc2cc(Cl)ccc2c1=O. The lowest BCUT2D eigenvalue weighted by atomic mass is 10.1. The summed E-state index contributed by atoms with van der Waals surface area (Å²) in [5, 5.41) is 19.6. The summed E-state index contributed by atoms with van der Waals surface area (Å²) in [5.41, 5.74) is 2.05. The molecule has 1 aromatic heterocycles. The van der Waals surface area contributed by atoms with E-state index in [1.54, 1.807) is 22.8 Å². The highest BCUT2D eigenvalue weighted by Crippen LogP contribution is 2.26. The van der Waals surface area contributed by atoms with E-state index in [0.29, 0.717) is 39.7 Å². The van der Waals surface area contributed by atoms with Gasteiger partial charge in [0.25, 0.3) is 5.56 Å². The third-order valence-electron chi connectivity index (χ3n) is 4.36. The van der Waals surface area contributed by atoms with Crippen molar-refractivity contribution in [3.63, 3.8) is 0 Å². The molecule has 0 radical (unpaired) electrons. The second-order valence-corrected chi connectivity index (χ2v) is 7.74. The van der Waals surface area contributed by atoms with E-state index in [1.807, 2.05) is 31.2 Å². The summed E-state index contributed by atoms with van der Waals surface area (Å²) in [5.74, 6) is 0.157. The van der Waals surface area contributed by atoms with E-state index in [4.69, 9.17) is 16.9 Å². The summed E-state index contributed by atoms with van der Waals surface area (Å²) in [6.45, 7) is 1.94. The minimum Gasteiger partial charge on any atom is -0.268 e. The molecule has 2 aromatic carbocycles. The Morgan fingerprint density at radius 1 is 1.25 bits per heavy atom. The molecule has 1 atom stereocenters. The number of para-hydroxylation sites is 1. The largest absolute Gasteiger partial charge is 0.268 e. The maximum Gasteiger partial charge on any atom is 0.266 e. The maximum absolute atomic E-state index is 13.3. The first-order valence-corrected chi connectivity index (χ1v) is 10.1. The first kappa shape index (κ1) is 19.9. The summed E-state index contributed by atoms with van der Waals surface area (Å²) in [6, 6.07) is 16.9. The van der Waals surface area contributed by atoms with Crippen molar-refractivity contribution >= 4 is 34.3 Å². The molecule has 0 aliphatic rings. The Morgan fingerprint density at radius 3 is 2.75 bits per heavy atom. The van der Waals surface area contributed by atoms with Gasteiger partial charge in [-0.05, 0) is 43.2 Å². The zero-order valence-electron chi connectivity index (χ0n) is 15.2. The summed E-state index contributed by atoms with van der Waals surface area (Å²) >= 11 is 7.43. The molecular weight excluding hydrogens is 392 g/mol. The lowest BCUT2D eigenvalue weighted by molar-refractivity contribution is 0.682. The van der Waals surface area contributed by atoms with Crippen LogP contribution in [0.3, 0.4) is 0 Å². The van der Waals surface area contributed by atoms with Crippen LogP contribution in [0.1, 0.15) is 18.4 Å². The van der Waals surface area contributed by atoms with E-state index in [1.165, 1.54) is 11.8 Å². The van der Waals surface area contributed by atoms with Gasteiger partial charge in [0.2, 0.25) is 0 Å². The third-order valence-corrected chi connectivity index (χ3v) is 5.69. The molecule has 3 rings (SSSR count). The fourth-order valence-electron chi connectivity index (χ4n) is 2.86. The predicted octanol–water partition coefficient (Wildman–Crippen LogP) is 4.88. The number of rotatable bonds is 6. The Hall–Kier alpha value is -2.80. The molecule has 0 aliphatic heterocycles. The second kappa shape index (κ2) is 8.93.